The van der Waals surface area contributed by atoms with Crippen molar-refractivity contribution in [1.29, 1.82) is 5.26 Å². The van der Waals surface area contributed by atoms with E-state index >= 15 is 0 Å². The first kappa shape index (κ1) is 16.7. The first-order chi connectivity index (χ1) is 10.2. The molecule has 0 aliphatic rings. The molecule has 0 saturated heterocycles. The Kier molecular flexibility index (Phi) is 7.59. The van der Waals surface area contributed by atoms with Crippen LogP contribution < -0.4 is 4.74 Å². The monoisotopic (exact) mass is 289 g/mol. The van der Waals surface area contributed by atoms with Gasteiger partial charge in [0.2, 0.25) is 0 Å². The molecule has 0 atom stereocenters. The molecule has 0 aliphatic carbocycles. The summed E-state index contributed by atoms with van der Waals surface area (Å²) in [5.74, 6) is -0.291. The van der Waals surface area contributed by atoms with Gasteiger partial charge in [-0.3, -0.25) is 9.59 Å². The summed E-state index contributed by atoms with van der Waals surface area (Å²) < 4.78 is 10.1. The Labute approximate surface area is 124 Å². The van der Waals surface area contributed by atoms with E-state index in [1.54, 1.807) is 24.3 Å². The molecule has 0 aliphatic heterocycles. The molecule has 1 aromatic carbocycles. The summed E-state index contributed by atoms with van der Waals surface area (Å²) in [4.78, 5) is 22.9. The SMILES string of the molecule is CCCCOC(=O)CCCC(=O)Oc1ccc(C#N)cc1. The molecule has 0 saturated carbocycles. The van der Waals surface area contributed by atoms with Crippen LogP contribution in [0.4, 0.5) is 0 Å². The Balaban J connectivity index is 2.21. The molecule has 0 amide bonds. The third kappa shape index (κ3) is 7.11. The number of unbranched alkanes of at least 4 members (excludes halogenated alkanes) is 1. The maximum absolute atomic E-state index is 11.6. The fourth-order valence-corrected chi connectivity index (χ4v) is 1.56. The number of hydrogen-bond donors (Lipinski definition) is 0. The van der Waals surface area contributed by atoms with Gasteiger partial charge in [0, 0.05) is 12.8 Å². The third-order valence-corrected chi connectivity index (χ3v) is 2.74. The number of rotatable bonds is 8. The van der Waals surface area contributed by atoms with Crippen molar-refractivity contribution >= 4 is 11.9 Å². The fourth-order valence-electron chi connectivity index (χ4n) is 1.56. The predicted molar refractivity (Wildman–Crippen MR) is 76.5 cm³/mol. The summed E-state index contributed by atoms with van der Waals surface area (Å²) in [6.45, 7) is 2.46. The summed E-state index contributed by atoms with van der Waals surface area (Å²) in [7, 11) is 0. The topological polar surface area (TPSA) is 76.4 Å². The number of carbonyl (C=O) groups excluding carboxylic acids is 2. The maximum Gasteiger partial charge on any atom is 0.311 e. The molecule has 0 unspecified atom stereocenters. The van der Waals surface area contributed by atoms with Crippen molar-refractivity contribution in [2.75, 3.05) is 6.61 Å². The fraction of sp³-hybridized carbons (Fsp3) is 0.438. The van der Waals surface area contributed by atoms with Crippen molar-refractivity contribution < 1.29 is 19.1 Å². The highest BCUT2D eigenvalue weighted by molar-refractivity contribution is 5.74. The molecule has 0 heterocycles. The largest absolute Gasteiger partial charge is 0.466 e. The minimum Gasteiger partial charge on any atom is -0.466 e. The Morgan fingerprint density at radius 3 is 2.38 bits per heavy atom. The van der Waals surface area contributed by atoms with Crippen LogP contribution >= 0.6 is 0 Å². The van der Waals surface area contributed by atoms with E-state index in [1.807, 2.05) is 13.0 Å². The standard InChI is InChI=1S/C16H19NO4/c1-2-3-11-20-15(18)5-4-6-16(19)21-14-9-7-13(12-17)8-10-14/h7-10H,2-6,11H2,1H3. The second kappa shape index (κ2) is 9.54. The minimum atomic E-state index is -0.402. The number of nitriles is 1. The van der Waals surface area contributed by atoms with Crippen LogP contribution in [-0.4, -0.2) is 18.5 Å². The zero-order valence-corrected chi connectivity index (χ0v) is 12.1. The van der Waals surface area contributed by atoms with Crippen LogP contribution in [0.3, 0.4) is 0 Å². The normalized spacial score (nSPS) is 9.71. The van der Waals surface area contributed by atoms with Crippen molar-refractivity contribution in [3.63, 3.8) is 0 Å². The Morgan fingerprint density at radius 1 is 1.10 bits per heavy atom. The molecule has 5 nitrogen and oxygen atoms in total. The second-order valence-corrected chi connectivity index (χ2v) is 4.54. The molecule has 1 rings (SSSR count). The van der Waals surface area contributed by atoms with Crippen molar-refractivity contribution in [1.82, 2.24) is 0 Å². The van der Waals surface area contributed by atoms with E-state index in [-0.39, 0.29) is 18.8 Å². The molecule has 0 spiro atoms. The van der Waals surface area contributed by atoms with Gasteiger partial charge in [-0.1, -0.05) is 13.3 Å². The van der Waals surface area contributed by atoms with E-state index in [1.165, 1.54) is 0 Å². The van der Waals surface area contributed by atoms with Crippen molar-refractivity contribution in [2.24, 2.45) is 0 Å². The van der Waals surface area contributed by atoms with Crippen LogP contribution in [0, 0.1) is 11.3 Å². The Hall–Kier alpha value is -2.35. The quantitative estimate of drug-likeness (QED) is 0.418. The lowest BCUT2D eigenvalue weighted by atomic mass is 10.2. The number of hydrogen-bond acceptors (Lipinski definition) is 5. The zero-order chi connectivity index (χ0) is 15.5. The van der Waals surface area contributed by atoms with Gasteiger partial charge in [0.05, 0.1) is 18.2 Å². The molecule has 0 aromatic heterocycles. The third-order valence-electron chi connectivity index (χ3n) is 2.74. The second-order valence-electron chi connectivity index (χ2n) is 4.54. The van der Waals surface area contributed by atoms with Gasteiger partial charge in [0.15, 0.2) is 0 Å². The minimum absolute atomic E-state index is 0.156. The maximum atomic E-state index is 11.6. The lowest BCUT2D eigenvalue weighted by Gasteiger charge is -2.05. The summed E-state index contributed by atoms with van der Waals surface area (Å²) in [6, 6.07) is 8.27. The van der Waals surface area contributed by atoms with Gasteiger partial charge in [0.25, 0.3) is 0 Å². The molecule has 21 heavy (non-hydrogen) atoms. The van der Waals surface area contributed by atoms with E-state index in [9.17, 15) is 9.59 Å². The smallest absolute Gasteiger partial charge is 0.311 e. The van der Waals surface area contributed by atoms with E-state index in [0.29, 0.717) is 24.3 Å². The van der Waals surface area contributed by atoms with Crippen molar-refractivity contribution in [3.05, 3.63) is 29.8 Å². The highest BCUT2D eigenvalue weighted by Crippen LogP contribution is 2.13. The molecule has 0 fully saturated rings. The lowest BCUT2D eigenvalue weighted by molar-refractivity contribution is -0.144. The first-order valence-electron chi connectivity index (χ1n) is 7.02. The van der Waals surface area contributed by atoms with Crippen LogP contribution in [-0.2, 0) is 14.3 Å². The Morgan fingerprint density at radius 2 is 1.76 bits per heavy atom. The molecule has 0 bridgehead atoms. The zero-order valence-electron chi connectivity index (χ0n) is 12.1. The van der Waals surface area contributed by atoms with Gasteiger partial charge in [-0.15, -0.1) is 0 Å². The van der Waals surface area contributed by atoms with Gasteiger partial charge < -0.3 is 9.47 Å². The van der Waals surface area contributed by atoms with Crippen molar-refractivity contribution in [3.8, 4) is 11.8 Å². The van der Waals surface area contributed by atoms with E-state index in [0.717, 1.165) is 12.8 Å². The molecule has 0 N–H and O–H groups in total. The molecule has 1 aromatic rings. The lowest BCUT2D eigenvalue weighted by Crippen LogP contribution is -2.10. The molecule has 0 radical (unpaired) electrons. The predicted octanol–water partition coefficient (Wildman–Crippen LogP) is 2.98. The molecular formula is C16H19NO4. The summed E-state index contributed by atoms with van der Waals surface area (Å²) in [5, 5.41) is 8.65. The van der Waals surface area contributed by atoms with Gasteiger partial charge in [-0.2, -0.15) is 5.26 Å². The summed E-state index contributed by atoms with van der Waals surface area (Å²) in [6.07, 6.45) is 2.60. The molecule has 112 valence electrons. The van der Waals surface area contributed by atoms with Crippen molar-refractivity contribution in [2.45, 2.75) is 39.0 Å². The number of nitrogens with zero attached hydrogens (tertiary/aromatic N) is 1. The number of carbonyl (C=O) groups is 2. The number of esters is 2. The van der Waals surface area contributed by atoms with Gasteiger partial charge in [-0.05, 0) is 37.1 Å². The highest BCUT2D eigenvalue weighted by atomic mass is 16.5. The van der Waals surface area contributed by atoms with Crippen LogP contribution in [0.2, 0.25) is 0 Å². The highest BCUT2D eigenvalue weighted by Gasteiger charge is 2.08. The van der Waals surface area contributed by atoms with Crippen LogP contribution in [0.25, 0.3) is 0 Å². The average molecular weight is 289 g/mol. The van der Waals surface area contributed by atoms with Crippen LogP contribution in [0.15, 0.2) is 24.3 Å². The average Bonchev–Trinajstić information content (AvgIpc) is 2.48. The Bertz CT molecular complexity index is 502. The number of benzene rings is 1. The summed E-state index contributed by atoms with van der Waals surface area (Å²) >= 11 is 0. The first-order valence-corrected chi connectivity index (χ1v) is 7.02. The number of ether oxygens (including phenoxy) is 2. The summed E-state index contributed by atoms with van der Waals surface area (Å²) in [5.41, 5.74) is 0.504. The molecular weight excluding hydrogens is 270 g/mol. The van der Waals surface area contributed by atoms with Crippen LogP contribution in [0.1, 0.15) is 44.6 Å². The molecule has 5 heteroatoms. The van der Waals surface area contributed by atoms with Gasteiger partial charge >= 0.3 is 11.9 Å². The van der Waals surface area contributed by atoms with E-state index in [4.69, 9.17) is 14.7 Å². The van der Waals surface area contributed by atoms with Gasteiger partial charge in [0.1, 0.15) is 5.75 Å². The van der Waals surface area contributed by atoms with Crippen LogP contribution in [0.5, 0.6) is 5.75 Å². The van der Waals surface area contributed by atoms with Gasteiger partial charge in [-0.25, -0.2) is 0 Å². The van der Waals surface area contributed by atoms with E-state index < -0.39 is 5.97 Å². The van der Waals surface area contributed by atoms with E-state index in [2.05, 4.69) is 0 Å².